The van der Waals surface area contributed by atoms with Gasteiger partial charge in [0.1, 0.15) is 23.7 Å². The topological polar surface area (TPSA) is 169 Å². The summed E-state index contributed by atoms with van der Waals surface area (Å²) in [5, 5.41) is 5.90. The second-order valence-corrected chi connectivity index (χ2v) is 19.5. The third-order valence-corrected chi connectivity index (χ3v) is 15.2. The number of aromatic amines is 2. The van der Waals surface area contributed by atoms with Crippen LogP contribution in [0.25, 0.3) is 11.3 Å². The number of H-pyrrole nitrogens is 2. The Morgan fingerprint density at radius 1 is 0.705 bits per heavy atom. The molecule has 4 amide bonds. The van der Waals surface area contributed by atoms with Crippen LogP contribution in [0.4, 0.5) is 4.79 Å². The Labute approximate surface area is 360 Å². The minimum Gasteiger partial charge on any atom is -0.453 e. The van der Waals surface area contributed by atoms with Gasteiger partial charge in [0.25, 0.3) is 0 Å². The van der Waals surface area contributed by atoms with Gasteiger partial charge in [-0.2, -0.15) is 0 Å². The summed E-state index contributed by atoms with van der Waals surface area (Å²) in [5.41, 5.74) is 4.81. The van der Waals surface area contributed by atoms with E-state index in [9.17, 15) is 19.2 Å². The number of imidazole rings is 2. The monoisotopic (exact) mass is 838 g/mol. The van der Waals surface area contributed by atoms with E-state index in [1.807, 2.05) is 49.9 Å². The molecule has 1 aromatic carbocycles. The molecule has 3 aliphatic heterocycles. The maximum atomic E-state index is 14.1. The third-order valence-electron chi connectivity index (χ3n) is 15.2. The number of fused-ring (bicyclic) bond motifs is 3. The number of aromatic nitrogens is 4. The van der Waals surface area contributed by atoms with E-state index in [4.69, 9.17) is 14.7 Å². The van der Waals surface area contributed by atoms with Gasteiger partial charge in [-0.25, -0.2) is 14.8 Å². The number of amides is 4. The number of nitrogens with zero attached hydrogens (tertiary/aromatic N) is 5. The second-order valence-electron chi connectivity index (χ2n) is 19.5. The fraction of sp³-hybridized carbons (Fsp3) is 0.660. The van der Waals surface area contributed by atoms with E-state index in [0.29, 0.717) is 13.1 Å². The Morgan fingerprint density at radius 3 is 1.79 bits per heavy atom. The third kappa shape index (κ3) is 8.45. The van der Waals surface area contributed by atoms with Crippen LogP contribution in [-0.2, 0) is 30.0 Å². The van der Waals surface area contributed by atoms with Gasteiger partial charge in [0.15, 0.2) is 0 Å². The Hall–Kier alpha value is -4.72. The highest BCUT2D eigenvalue weighted by atomic mass is 16.5. The van der Waals surface area contributed by atoms with E-state index in [1.54, 1.807) is 0 Å². The molecule has 0 radical (unpaired) electrons. The molecule has 2 aromatic heterocycles. The van der Waals surface area contributed by atoms with Gasteiger partial charge in [-0.15, -0.1) is 0 Å². The number of carbonyl (C=O) groups excluding carboxylic acids is 4. The molecule has 14 heteroatoms. The van der Waals surface area contributed by atoms with Crippen molar-refractivity contribution in [2.45, 2.75) is 140 Å². The van der Waals surface area contributed by atoms with Crippen molar-refractivity contribution in [3.63, 3.8) is 0 Å². The highest BCUT2D eigenvalue weighted by Gasteiger charge is 2.51. The fourth-order valence-corrected chi connectivity index (χ4v) is 11.2. The zero-order valence-corrected chi connectivity index (χ0v) is 37.1. The van der Waals surface area contributed by atoms with Gasteiger partial charge in [-0.3, -0.25) is 14.4 Å². The van der Waals surface area contributed by atoms with Crippen LogP contribution < -0.4 is 10.6 Å². The van der Waals surface area contributed by atoms with Crippen molar-refractivity contribution in [2.24, 2.45) is 17.8 Å². The predicted molar refractivity (Wildman–Crippen MR) is 232 cm³/mol. The lowest BCUT2D eigenvalue weighted by atomic mass is 9.51. The zero-order chi connectivity index (χ0) is 43.1. The lowest BCUT2D eigenvalue weighted by Gasteiger charge is -2.53. The summed E-state index contributed by atoms with van der Waals surface area (Å²) in [6, 6.07) is 7.53. The summed E-state index contributed by atoms with van der Waals surface area (Å²) in [5.74, 6) is 1.39. The summed E-state index contributed by atoms with van der Waals surface area (Å²) in [7, 11) is 3.40. The van der Waals surface area contributed by atoms with Gasteiger partial charge in [0.2, 0.25) is 17.7 Å². The van der Waals surface area contributed by atoms with E-state index in [-0.39, 0.29) is 58.4 Å². The average molecular weight is 838 g/mol. The number of rotatable bonds is 12. The molecule has 330 valence electrons. The largest absolute Gasteiger partial charge is 0.453 e. The van der Waals surface area contributed by atoms with Crippen LogP contribution >= 0.6 is 0 Å². The minimum absolute atomic E-state index is 0.00223. The molecule has 3 aliphatic carbocycles. The molecule has 0 spiro atoms. The SMILES string of the molecule is COC(=O)N[C@H](C(=O)N1CCC[C@H]1c1ncc(C23CCC(c4ccc(-c5cnc([C@@H]6CCCN6C(=O)[C@@H](NC(=O)C6CCN(C)CC6)C(C)C)[nH]5)cc4)(CC2)CC3)[nH]1)C(C)C. The van der Waals surface area contributed by atoms with E-state index in [1.165, 1.54) is 18.4 Å². The van der Waals surface area contributed by atoms with E-state index >= 15 is 0 Å². The highest BCUT2D eigenvalue weighted by molar-refractivity contribution is 5.89. The number of nitrogens with one attached hydrogen (secondary N) is 4. The molecule has 3 saturated carbocycles. The average Bonchev–Trinajstić information content (AvgIpc) is 4.12. The highest BCUT2D eigenvalue weighted by Crippen LogP contribution is 2.58. The Bertz CT molecular complexity index is 2020. The molecule has 6 fully saturated rings. The number of hydrogen-bond donors (Lipinski definition) is 4. The van der Waals surface area contributed by atoms with Crippen LogP contribution in [-0.4, -0.2) is 111 Å². The predicted octanol–water partition coefficient (Wildman–Crippen LogP) is 6.53. The molecule has 14 nitrogen and oxygen atoms in total. The van der Waals surface area contributed by atoms with Crippen molar-refractivity contribution < 1.29 is 23.9 Å². The molecule has 3 saturated heterocycles. The summed E-state index contributed by atoms with van der Waals surface area (Å²) in [6.07, 6.45) is 15.0. The number of hydrogen-bond acceptors (Lipinski definition) is 8. The van der Waals surface area contributed by atoms with Crippen molar-refractivity contribution in [3.05, 3.63) is 59.6 Å². The van der Waals surface area contributed by atoms with E-state index < -0.39 is 18.2 Å². The number of methoxy groups -OCH3 is 1. The molecule has 4 atom stereocenters. The van der Waals surface area contributed by atoms with Crippen molar-refractivity contribution in [1.82, 2.24) is 45.3 Å². The maximum absolute atomic E-state index is 14.1. The minimum atomic E-state index is -0.657. The number of alkyl carbamates (subject to hydrolysis) is 1. The standard InChI is InChI=1S/C47H67N9O5/c1-29(2)38(52-42(57)32-15-25-54(5)26-16-32)43(58)55-23-7-9-35(55)40-48-27-34(50-40)31-11-13-33(14-12-31)46-17-20-47(21-18-46,22-19-46)37-28-49-41(51-37)36-10-8-24-56(36)44(59)39(30(3)4)53-45(60)61-6/h11-14,27-30,32,35-36,38-39H,7-10,15-26H2,1-6H3,(H,48,50)(H,49,51)(H,52,57)(H,53,60)/t35-,36-,38-,39-,46?,47?/m0/s1. The molecule has 4 N–H and O–H groups in total. The van der Waals surface area contributed by atoms with Gasteiger partial charge in [0.05, 0.1) is 31.1 Å². The van der Waals surface area contributed by atoms with Gasteiger partial charge < -0.3 is 40.0 Å². The zero-order valence-electron chi connectivity index (χ0n) is 37.1. The Balaban J connectivity index is 0.893. The van der Waals surface area contributed by atoms with Gasteiger partial charge >= 0.3 is 6.09 Å². The number of ether oxygens (including phenoxy) is 1. The molecule has 0 unspecified atom stereocenters. The van der Waals surface area contributed by atoms with Crippen LogP contribution in [0.2, 0.25) is 0 Å². The fourth-order valence-electron chi connectivity index (χ4n) is 11.2. The van der Waals surface area contributed by atoms with Crippen molar-refractivity contribution >= 4 is 23.8 Å². The maximum Gasteiger partial charge on any atom is 0.407 e. The summed E-state index contributed by atoms with van der Waals surface area (Å²) in [4.78, 5) is 76.2. The Morgan fingerprint density at radius 2 is 1.23 bits per heavy atom. The normalized spacial score (nSPS) is 26.8. The molecule has 3 aromatic rings. The molecule has 61 heavy (non-hydrogen) atoms. The van der Waals surface area contributed by atoms with Crippen LogP contribution in [0.15, 0.2) is 36.7 Å². The first-order valence-electron chi connectivity index (χ1n) is 23.0. The molecular weight excluding hydrogens is 771 g/mol. The van der Waals surface area contributed by atoms with Crippen LogP contribution in [0.3, 0.4) is 0 Å². The van der Waals surface area contributed by atoms with Crippen LogP contribution in [0.1, 0.15) is 140 Å². The molecular formula is C47H67N9O5. The quantitative estimate of drug-likeness (QED) is 0.160. The van der Waals surface area contributed by atoms with Crippen LogP contribution in [0, 0.1) is 17.8 Å². The Kier molecular flexibility index (Phi) is 12.4. The van der Waals surface area contributed by atoms with E-state index in [2.05, 4.69) is 56.8 Å². The van der Waals surface area contributed by atoms with Gasteiger partial charge in [-0.1, -0.05) is 52.0 Å². The number of carbonyl (C=O) groups is 4. The number of benzene rings is 1. The lowest BCUT2D eigenvalue weighted by Crippen LogP contribution is -2.53. The molecule has 6 aliphatic rings. The number of likely N-dealkylation sites (tertiary alicyclic amines) is 3. The lowest BCUT2D eigenvalue weighted by molar-refractivity contribution is -0.140. The summed E-state index contributed by atoms with van der Waals surface area (Å²) in [6.45, 7) is 11.0. The first kappa shape index (κ1) is 42.9. The second kappa shape index (κ2) is 17.6. The van der Waals surface area contributed by atoms with Crippen molar-refractivity contribution in [3.8, 4) is 11.3 Å². The first-order valence-corrected chi connectivity index (χ1v) is 23.0. The van der Waals surface area contributed by atoms with E-state index in [0.717, 1.165) is 113 Å². The van der Waals surface area contributed by atoms with Gasteiger partial charge in [0, 0.05) is 36.3 Å². The van der Waals surface area contributed by atoms with Gasteiger partial charge in [-0.05, 0) is 126 Å². The van der Waals surface area contributed by atoms with Crippen LogP contribution in [0.5, 0.6) is 0 Å². The van der Waals surface area contributed by atoms with Crippen molar-refractivity contribution in [2.75, 3.05) is 40.3 Å². The molecule has 5 heterocycles. The van der Waals surface area contributed by atoms with Crippen molar-refractivity contribution in [1.29, 1.82) is 0 Å². The molecule has 9 rings (SSSR count). The smallest absolute Gasteiger partial charge is 0.407 e. The summed E-state index contributed by atoms with van der Waals surface area (Å²) >= 11 is 0. The summed E-state index contributed by atoms with van der Waals surface area (Å²) < 4.78 is 4.81. The molecule has 2 bridgehead atoms. The number of piperidine rings is 1. The first-order chi connectivity index (χ1) is 29.3.